The van der Waals surface area contributed by atoms with E-state index in [2.05, 4.69) is 0 Å². The molecule has 0 saturated carbocycles. The van der Waals surface area contributed by atoms with Crippen LogP contribution in [0.1, 0.15) is 72.4 Å². The minimum Gasteiger partial charge on any atom is -0.478 e. The molecule has 12 nitrogen and oxygen atoms in total. The molecule has 0 amide bonds. The summed E-state index contributed by atoms with van der Waals surface area (Å²) in [5.74, 6) is -3.06. The van der Waals surface area contributed by atoms with Crippen molar-refractivity contribution in [2.24, 2.45) is 0 Å². The second kappa shape index (κ2) is 12.2. The van der Waals surface area contributed by atoms with Gasteiger partial charge < -0.3 is 15.1 Å². The first kappa shape index (κ1) is 34.0. The average molecular weight is 662 g/mol. The number of fused-ring (bicyclic) bond motifs is 2. The smallest absolute Gasteiger partial charge is 0.335 e. The summed E-state index contributed by atoms with van der Waals surface area (Å²) in [6.07, 6.45) is 5.72. The first-order valence-electron chi connectivity index (χ1n) is 14.2. The number of benzene rings is 2. The van der Waals surface area contributed by atoms with E-state index in [-0.39, 0.29) is 37.1 Å². The van der Waals surface area contributed by atoms with Crippen LogP contribution in [0.25, 0.3) is 0 Å². The van der Waals surface area contributed by atoms with Crippen molar-refractivity contribution in [2.75, 3.05) is 29.5 Å². The molecule has 242 valence electrons. The molecule has 0 spiro atoms. The largest absolute Gasteiger partial charge is 0.478 e. The van der Waals surface area contributed by atoms with E-state index in [0.717, 1.165) is 22.5 Å². The highest BCUT2D eigenvalue weighted by Gasteiger charge is 2.45. The van der Waals surface area contributed by atoms with Crippen LogP contribution in [0.3, 0.4) is 0 Å². The molecular weight excluding hydrogens is 624 g/mol. The average Bonchev–Trinajstić information content (AvgIpc) is 3.25. The zero-order chi connectivity index (χ0) is 33.5. The molecule has 0 aromatic heterocycles. The Hall–Kier alpha value is -3.85. The van der Waals surface area contributed by atoms with Gasteiger partial charge >= 0.3 is 11.9 Å². The van der Waals surface area contributed by atoms with E-state index < -0.39 is 54.5 Å². The van der Waals surface area contributed by atoms with Crippen LogP contribution in [0.4, 0.5) is 11.4 Å². The van der Waals surface area contributed by atoms with Crippen molar-refractivity contribution in [1.29, 1.82) is 0 Å². The third kappa shape index (κ3) is 7.19. The molecule has 0 atom stereocenters. The minimum absolute atomic E-state index is 0.110. The maximum absolute atomic E-state index is 11.7. The van der Waals surface area contributed by atoms with Crippen LogP contribution in [-0.2, 0) is 31.1 Å². The van der Waals surface area contributed by atoms with Gasteiger partial charge in [0.05, 0.1) is 28.0 Å². The zero-order valence-corrected chi connectivity index (χ0v) is 27.0. The number of anilines is 1. The lowest BCUT2D eigenvalue weighted by molar-refractivity contribution is -0.437. The third-order valence-corrected chi connectivity index (χ3v) is 9.96. The fourth-order valence-electron chi connectivity index (χ4n) is 6.14. The number of hydrogen-bond donors (Lipinski definition) is 4. The first-order valence-corrected chi connectivity index (χ1v) is 17.4. The molecule has 4 N–H and O–H groups in total. The lowest BCUT2D eigenvalue weighted by Crippen LogP contribution is -2.29. The Labute approximate surface area is 262 Å². The van der Waals surface area contributed by atoms with E-state index in [1.807, 2.05) is 49.3 Å². The van der Waals surface area contributed by atoms with Crippen molar-refractivity contribution in [3.05, 3.63) is 82.6 Å². The molecule has 2 aromatic carbocycles. The van der Waals surface area contributed by atoms with E-state index in [4.69, 9.17) is 0 Å². The van der Waals surface area contributed by atoms with Crippen LogP contribution in [0.5, 0.6) is 0 Å². The van der Waals surface area contributed by atoms with Crippen LogP contribution in [0.2, 0.25) is 0 Å². The predicted octanol–water partition coefficient (Wildman–Crippen LogP) is 4.25. The van der Waals surface area contributed by atoms with Gasteiger partial charge in [0.15, 0.2) is 5.71 Å². The molecule has 0 fully saturated rings. The van der Waals surface area contributed by atoms with Crippen LogP contribution in [0, 0.1) is 0 Å². The number of carbonyl (C=O) groups is 2. The van der Waals surface area contributed by atoms with Gasteiger partial charge in [-0.1, -0.05) is 19.9 Å². The van der Waals surface area contributed by atoms with Crippen molar-refractivity contribution in [3.63, 3.8) is 0 Å². The maximum atomic E-state index is 11.7. The highest BCUT2D eigenvalue weighted by atomic mass is 32.2. The molecular formula is C31H37N2O10S2+. The molecule has 45 heavy (non-hydrogen) atoms. The zero-order valence-electron chi connectivity index (χ0n) is 25.4. The molecule has 0 radical (unpaired) electrons. The van der Waals surface area contributed by atoms with Crippen LogP contribution in [0.15, 0.2) is 60.3 Å². The number of hydrogen-bond acceptors (Lipinski definition) is 7. The standard InChI is InChI=1S/C31H36N2O10S2/c1-30(2)22-18-20(28(34)35)10-12-24(22)32(14-6-16-44(38,39)40)26(30)8-5-9-27-31(3,4)23-19-21(29(36)37)11-13-25(23)33(27)15-7-17-45(41,42)43/h5,8-13,18-19H,6-7,14-17H2,1-4H3,(H3-,34,35,36,37,38,39,40,41,42,43)/p+1. The summed E-state index contributed by atoms with van der Waals surface area (Å²) in [5.41, 5.74) is 3.27. The van der Waals surface area contributed by atoms with Gasteiger partial charge in [0.2, 0.25) is 5.69 Å². The van der Waals surface area contributed by atoms with Gasteiger partial charge in [-0.05, 0) is 62.2 Å². The van der Waals surface area contributed by atoms with Gasteiger partial charge in [-0.15, -0.1) is 0 Å². The van der Waals surface area contributed by atoms with Crippen molar-refractivity contribution >= 4 is 49.3 Å². The van der Waals surface area contributed by atoms with Gasteiger partial charge in [-0.2, -0.15) is 21.4 Å². The molecule has 0 unspecified atom stereocenters. The summed E-state index contributed by atoms with van der Waals surface area (Å²) in [6, 6.07) is 9.52. The van der Waals surface area contributed by atoms with Crippen LogP contribution in [-0.4, -0.2) is 83.0 Å². The molecule has 14 heteroatoms. The minimum atomic E-state index is -4.19. The lowest BCUT2D eigenvalue weighted by atomic mass is 9.80. The van der Waals surface area contributed by atoms with E-state index in [1.165, 1.54) is 12.1 Å². The third-order valence-electron chi connectivity index (χ3n) is 8.35. The van der Waals surface area contributed by atoms with Crippen molar-refractivity contribution in [1.82, 2.24) is 0 Å². The van der Waals surface area contributed by atoms with E-state index in [9.17, 15) is 45.7 Å². The summed E-state index contributed by atoms with van der Waals surface area (Å²) in [6.45, 7) is 8.18. The molecule has 0 bridgehead atoms. The van der Waals surface area contributed by atoms with E-state index >= 15 is 0 Å². The highest BCUT2D eigenvalue weighted by molar-refractivity contribution is 7.86. The SMILES string of the molecule is CC1(C)C(=CC=CC2=[N+](CCCS(=O)(=O)O)c3ccc(C(=O)O)cc3C2(C)C)N(CCCS(=O)(=O)O)c2ccc(C(=O)O)cc21. The fourth-order valence-corrected chi connectivity index (χ4v) is 7.13. The Morgan fingerprint density at radius 1 is 0.822 bits per heavy atom. The molecule has 0 saturated heterocycles. The Kier molecular flexibility index (Phi) is 9.19. The van der Waals surface area contributed by atoms with Crippen molar-refractivity contribution in [2.45, 2.75) is 51.4 Å². The summed E-state index contributed by atoms with van der Waals surface area (Å²) in [7, 11) is -8.39. The van der Waals surface area contributed by atoms with Gasteiger partial charge in [0, 0.05) is 47.5 Å². The summed E-state index contributed by atoms with van der Waals surface area (Å²) in [4.78, 5) is 25.4. The first-order chi connectivity index (χ1) is 20.7. The molecule has 2 heterocycles. The van der Waals surface area contributed by atoms with Gasteiger partial charge in [-0.25, -0.2) is 9.59 Å². The second-order valence-electron chi connectivity index (χ2n) is 12.2. The fraction of sp³-hybridized carbons (Fsp3) is 0.387. The number of nitrogens with zero attached hydrogens (tertiary/aromatic N) is 2. The van der Waals surface area contributed by atoms with Gasteiger partial charge in [0.1, 0.15) is 6.54 Å². The summed E-state index contributed by atoms with van der Waals surface area (Å²) >= 11 is 0. The van der Waals surface area contributed by atoms with Gasteiger partial charge in [0.25, 0.3) is 20.2 Å². The summed E-state index contributed by atoms with van der Waals surface area (Å²) in [5, 5.41) is 19.2. The maximum Gasteiger partial charge on any atom is 0.335 e. The number of allylic oxidation sites excluding steroid dienone is 4. The molecule has 0 aliphatic carbocycles. The van der Waals surface area contributed by atoms with Crippen molar-refractivity contribution < 1.29 is 50.3 Å². The number of aromatic carboxylic acids is 2. The Morgan fingerprint density at radius 2 is 1.38 bits per heavy atom. The Balaban J connectivity index is 1.79. The topological polar surface area (TPSA) is 190 Å². The summed E-state index contributed by atoms with van der Waals surface area (Å²) < 4.78 is 66.2. The number of carboxylic acid groups (broad SMARTS) is 2. The molecule has 2 aliphatic heterocycles. The molecule has 2 aromatic rings. The van der Waals surface area contributed by atoms with E-state index in [0.29, 0.717) is 11.4 Å². The molecule has 4 rings (SSSR count). The number of rotatable bonds is 12. The Bertz CT molecular complexity index is 1870. The highest BCUT2D eigenvalue weighted by Crippen LogP contribution is 2.48. The predicted molar refractivity (Wildman–Crippen MR) is 169 cm³/mol. The Morgan fingerprint density at radius 3 is 1.96 bits per heavy atom. The van der Waals surface area contributed by atoms with E-state index in [1.54, 1.807) is 30.3 Å². The second-order valence-corrected chi connectivity index (χ2v) is 15.3. The quantitative estimate of drug-likeness (QED) is 0.188. The van der Waals surface area contributed by atoms with Crippen molar-refractivity contribution in [3.8, 4) is 0 Å². The van der Waals surface area contributed by atoms with Gasteiger partial charge in [-0.3, -0.25) is 9.11 Å². The normalized spacial score (nSPS) is 18.1. The van der Waals surface area contributed by atoms with Crippen LogP contribution >= 0.6 is 0 Å². The molecule has 2 aliphatic rings. The van der Waals surface area contributed by atoms with Crippen LogP contribution < -0.4 is 4.90 Å². The lowest BCUT2D eigenvalue weighted by Gasteiger charge is -2.27. The number of carboxylic acids is 2. The monoisotopic (exact) mass is 661 g/mol.